The molecule has 1 heterocycles. The highest BCUT2D eigenvalue weighted by Gasteiger charge is 2.26. The monoisotopic (exact) mass is 823 g/mol. The Morgan fingerprint density at radius 3 is 1.55 bits per heavy atom. The van der Waals surface area contributed by atoms with Gasteiger partial charge in [-0.2, -0.15) is 0 Å². The molecule has 0 aromatic carbocycles. The largest absolute Gasteiger partial charge is 0.466 e. The molecule has 1 aliphatic heterocycles. The fourth-order valence-electron chi connectivity index (χ4n) is 8.06. The van der Waals surface area contributed by atoms with Gasteiger partial charge in [-0.25, -0.2) is 0 Å². The average Bonchev–Trinajstić information content (AvgIpc) is 3.21. The van der Waals surface area contributed by atoms with E-state index in [1.165, 1.54) is 109 Å². The van der Waals surface area contributed by atoms with Crippen molar-refractivity contribution in [1.29, 1.82) is 0 Å². The molecule has 1 unspecified atom stereocenters. The molecule has 58 heavy (non-hydrogen) atoms. The minimum absolute atomic E-state index is 0.00394. The van der Waals surface area contributed by atoms with Crippen molar-refractivity contribution >= 4 is 17.8 Å². The van der Waals surface area contributed by atoms with E-state index in [2.05, 4.69) is 25.7 Å². The molecule has 9 heteroatoms. The van der Waals surface area contributed by atoms with Crippen molar-refractivity contribution in [3.63, 3.8) is 0 Å². The van der Waals surface area contributed by atoms with E-state index in [0.717, 1.165) is 116 Å². The Hall–Kier alpha value is -1.71. The van der Waals surface area contributed by atoms with Gasteiger partial charge in [0.2, 0.25) is 0 Å². The van der Waals surface area contributed by atoms with Gasteiger partial charge in [0.15, 0.2) is 6.23 Å². The second-order valence-corrected chi connectivity index (χ2v) is 17.4. The van der Waals surface area contributed by atoms with Crippen LogP contribution in [0, 0.1) is 0 Å². The molecule has 0 aromatic rings. The number of aliphatic hydroxyl groups excluding tert-OH is 1. The van der Waals surface area contributed by atoms with Crippen molar-refractivity contribution in [2.45, 2.75) is 251 Å². The maximum Gasteiger partial charge on any atom is 0.306 e. The van der Waals surface area contributed by atoms with Crippen LogP contribution < -0.4 is 0 Å². The number of nitrogens with zero attached hydrogens (tertiary/aromatic N) is 2. The van der Waals surface area contributed by atoms with E-state index in [0.29, 0.717) is 26.0 Å². The first-order valence-electron chi connectivity index (χ1n) is 25.0. The van der Waals surface area contributed by atoms with Crippen molar-refractivity contribution in [3.05, 3.63) is 0 Å². The molecule has 342 valence electrons. The molecular formula is C49H94N2O7. The Balaban J connectivity index is 2.34. The summed E-state index contributed by atoms with van der Waals surface area (Å²) in [5, 5.41) is 10.2. The summed E-state index contributed by atoms with van der Waals surface area (Å²) in [6, 6.07) is 0. The van der Waals surface area contributed by atoms with Gasteiger partial charge in [-0.3, -0.25) is 14.4 Å². The minimum atomic E-state index is -0.851. The number of unbranched alkanes of at least 4 members (excludes halogenated alkanes) is 24. The van der Waals surface area contributed by atoms with Crippen molar-refractivity contribution in [2.75, 3.05) is 46.0 Å². The summed E-state index contributed by atoms with van der Waals surface area (Å²) in [6.07, 6.45) is 37.6. The van der Waals surface area contributed by atoms with Crippen LogP contribution in [0.25, 0.3) is 0 Å². The third-order valence-corrected chi connectivity index (χ3v) is 11.8. The molecule has 0 radical (unpaired) electrons. The molecule has 1 rings (SSSR count). The first-order chi connectivity index (χ1) is 28.4. The van der Waals surface area contributed by atoms with E-state index in [1.54, 1.807) is 4.90 Å². The maximum atomic E-state index is 12.8. The predicted molar refractivity (Wildman–Crippen MR) is 240 cm³/mol. The number of amides is 1. The van der Waals surface area contributed by atoms with Crippen molar-refractivity contribution < 1.29 is 33.7 Å². The number of aliphatic hydroxyl groups is 1. The highest BCUT2D eigenvalue weighted by molar-refractivity contribution is 5.78. The molecular weight excluding hydrogens is 729 g/mol. The second kappa shape index (κ2) is 40.7. The van der Waals surface area contributed by atoms with Crippen molar-refractivity contribution in [2.24, 2.45) is 0 Å². The molecule has 1 fully saturated rings. The lowest BCUT2D eigenvalue weighted by Gasteiger charge is -2.32. The van der Waals surface area contributed by atoms with Gasteiger partial charge in [0.05, 0.1) is 13.2 Å². The fraction of sp³-hybridized carbons (Fsp3) is 0.939. The van der Waals surface area contributed by atoms with Gasteiger partial charge in [-0.1, -0.05) is 162 Å². The minimum Gasteiger partial charge on any atom is -0.466 e. The quantitative estimate of drug-likeness (QED) is 0.0479. The van der Waals surface area contributed by atoms with Gasteiger partial charge in [-0.15, -0.1) is 0 Å². The van der Waals surface area contributed by atoms with Crippen LogP contribution in [0.4, 0.5) is 0 Å². The van der Waals surface area contributed by atoms with Gasteiger partial charge in [0.25, 0.3) is 5.91 Å². The number of carbonyl (C=O) groups is 3. The van der Waals surface area contributed by atoms with E-state index >= 15 is 0 Å². The fourth-order valence-corrected chi connectivity index (χ4v) is 8.06. The van der Waals surface area contributed by atoms with E-state index in [4.69, 9.17) is 14.2 Å². The SMILES string of the molecule is CCCCCCCCCOC(=O)CCCCCCCN(CCCCCCCC(=O)OC(CCCCCCCC)CCCCCCCC)CCCN1C(=O)COCC1O. The lowest BCUT2D eigenvalue weighted by atomic mass is 10.0. The molecule has 9 nitrogen and oxygen atoms in total. The topological polar surface area (TPSA) is 106 Å². The number of carbonyl (C=O) groups excluding carboxylic acids is 3. The molecule has 1 aliphatic rings. The predicted octanol–water partition coefficient (Wildman–Crippen LogP) is 12.2. The zero-order valence-electron chi connectivity index (χ0n) is 38.4. The average molecular weight is 823 g/mol. The number of ether oxygens (including phenoxy) is 3. The molecule has 0 aromatic heterocycles. The third-order valence-electron chi connectivity index (χ3n) is 11.8. The number of esters is 2. The van der Waals surface area contributed by atoms with Gasteiger partial charge in [0.1, 0.15) is 12.7 Å². The van der Waals surface area contributed by atoms with E-state index in [1.807, 2.05) is 0 Å². The first kappa shape index (κ1) is 54.3. The summed E-state index contributed by atoms with van der Waals surface area (Å²) in [4.78, 5) is 41.3. The van der Waals surface area contributed by atoms with Crippen LogP contribution in [0.15, 0.2) is 0 Å². The second-order valence-electron chi connectivity index (χ2n) is 17.4. The molecule has 0 spiro atoms. The number of hydrogen-bond donors (Lipinski definition) is 1. The van der Waals surface area contributed by atoms with Crippen LogP contribution in [0.5, 0.6) is 0 Å². The third kappa shape index (κ3) is 33.1. The standard InChI is InChI=1S/C49H94N2O7/c1-4-7-10-13-16-25-32-42-57-48(54)36-28-21-17-23-30-38-50(40-33-41-51-46(52)43-56-44-47(51)53)39-31-24-18-22-29-37-49(55)58-45(34-26-19-14-11-8-5-2)35-27-20-15-12-9-6-3/h45-46,52H,4-44H2,1-3H3. The number of morpholine rings is 1. The zero-order chi connectivity index (χ0) is 42.2. The summed E-state index contributed by atoms with van der Waals surface area (Å²) < 4.78 is 16.7. The van der Waals surface area contributed by atoms with Gasteiger partial charge in [-0.05, 0) is 83.8 Å². The van der Waals surface area contributed by atoms with Crippen LogP contribution in [0.1, 0.15) is 239 Å². The van der Waals surface area contributed by atoms with Gasteiger partial charge >= 0.3 is 11.9 Å². The highest BCUT2D eigenvalue weighted by atomic mass is 16.5. The molecule has 1 saturated heterocycles. The molecule has 0 aliphatic carbocycles. The van der Waals surface area contributed by atoms with Crippen LogP contribution in [-0.4, -0.2) is 91.1 Å². The number of rotatable bonds is 43. The zero-order valence-corrected chi connectivity index (χ0v) is 38.4. The molecule has 1 N–H and O–H groups in total. The Labute approximate surface area is 357 Å². The van der Waals surface area contributed by atoms with Crippen molar-refractivity contribution in [3.8, 4) is 0 Å². The molecule has 0 bridgehead atoms. The summed E-state index contributed by atoms with van der Waals surface area (Å²) in [6.45, 7) is 11.0. The van der Waals surface area contributed by atoms with Crippen LogP contribution in [0.2, 0.25) is 0 Å². The first-order valence-corrected chi connectivity index (χ1v) is 25.0. The smallest absolute Gasteiger partial charge is 0.306 e. The molecule has 1 atom stereocenters. The van der Waals surface area contributed by atoms with E-state index < -0.39 is 6.23 Å². The van der Waals surface area contributed by atoms with Gasteiger partial charge < -0.3 is 29.1 Å². The number of hydrogen-bond acceptors (Lipinski definition) is 8. The Morgan fingerprint density at radius 2 is 1.03 bits per heavy atom. The lowest BCUT2D eigenvalue weighted by Crippen LogP contribution is -2.50. The summed E-state index contributed by atoms with van der Waals surface area (Å²) in [7, 11) is 0. The van der Waals surface area contributed by atoms with Crippen LogP contribution >= 0.6 is 0 Å². The molecule has 1 amide bonds. The van der Waals surface area contributed by atoms with Crippen LogP contribution in [-0.2, 0) is 28.6 Å². The van der Waals surface area contributed by atoms with E-state index in [-0.39, 0.29) is 37.2 Å². The van der Waals surface area contributed by atoms with Crippen molar-refractivity contribution in [1.82, 2.24) is 9.80 Å². The lowest BCUT2D eigenvalue weighted by molar-refractivity contribution is -0.165. The van der Waals surface area contributed by atoms with Gasteiger partial charge in [0, 0.05) is 19.4 Å². The summed E-state index contributed by atoms with van der Waals surface area (Å²) >= 11 is 0. The molecule has 0 saturated carbocycles. The van der Waals surface area contributed by atoms with Crippen LogP contribution in [0.3, 0.4) is 0 Å². The Morgan fingerprint density at radius 1 is 0.603 bits per heavy atom. The highest BCUT2D eigenvalue weighted by Crippen LogP contribution is 2.19. The summed E-state index contributed by atoms with van der Waals surface area (Å²) in [5.41, 5.74) is 0. The van der Waals surface area contributed by atoms with E-state index in [9.17, 15) is 19.5 Å². The summed E-state index contributed by atoms with van der Waals surface area (Å²) in [5.74, 6) is -0.190. The maximum absolute atomic E-state index is 12.8. The normalized spacial score (nSPS) is 14.6. The Kier molecular flexibility index (Phi) is 38.1. The Bertz CT molecular complexity index is 934.